The Kier molecular flexibility index (Phi) is 5.39. The largest absolute Gasteiger partial charge is 0.465 e. The van der Waals surface area contributed by atoms with Crippen LogP contribution in [0.15, 0.2) is 59.4 Å². The lowest BCUT2D eigenvalue weighted by Crippen LogP contribution is -2.35. The highest BCUT2D eigenvalue weighted by molar-refractivity contribution is 5.90. The summed E-state index contributed by atoms with van der Waals surface area (Å²) in [6, 6.07) is 17.1. The third kappa shape index (κ3) is 4.35. The highest BCUT2D eigenvalue weighted by atomic mass is 16.5. The van der Waals surface area contributed by atoms with Gasteiger partial charge in [-0.05, 0) is 23.8 Å². The zero-order valence-corrected chi connectivity index (χ0v) is 16.1. The van der Waals surface area contributed by atoms with Crippen LogP contribution in [-0.2, 0) is 24.2 Å². The lowest BCUT2D eigenvalue weighted by atomic mass is 10.1. The minimum atomic E-state index is -0.418. The monoisotopic (exact) mass is 390 g/mol. The van der Waals surface area contributed by atoms with Gasteiger partial charge in [0.2, 0.25) is 5.95 Å². The lowest BCUT2D eigenvalue weighted by molar-refractivity contribution is 0.0601. The standard InChI is InChI=1S/C22H22N4O3/c1-29-21(28)16-8-5-9-17(12-16)23-22-24-19-10-11-26(14-18(19)20(27)25-22)13-15-6-3-2-4-7-15/h2-9,12H,10-11,13-14H2,1H3,(H2,23,24,25,27). The third-order valence-corrected chi connectivity index (χ3v) is 4.94. The molecule has 0 saturated carbocycles. The number of benzene rings is 2. The number of nitrogens with one attached hydrogen (secondary N) is 2. The number of hydrogen-bond acceptors (Lipinski definition) is 6. The van der Waals surface area contributed by atoms with Gasteiger partial charge in [0.15, 0.2) is 0 Å². The average molecular weight is 390 g/mol. The number of nitrogens with zero attached hydrogens (tertiary/aromatic N) is 2. The molecule has 0 radical (unpaired) electrons. The maximum Gasteiger partial charge on any atom is 0.337 e. The number of methoxy groups -OCH3 is 1. The van der Waals surface area contributed by atoms with E-state index in [4.69, 9.17) is 4.74 Å². The fourth-order valence-electron chi connectivity index (χ4n) is 3.50. The molecule has 29 heavy (non-hydrogen) atoms. The van der Waals surface area contributed by atoms with E-state index in [1.165, 1.54) is 12.7 Å². The number of aromatic nitrogens is 2. The van der Waals surface area contributed by atoms with Crippen LogP contribution in [0.5, 0.6) is 0 Å². The summed E-state index contributed by atoms with van der Waals surface area (Å²) in [6.07, 6.45) is 0.711. The number of hydrogen-bond donors (Lipinski definition) is 2. The summed E-state index contributed by atoms with van der Waals surface area (Å²) in [5, 5.41) is 3.08. The lowest BCUT2D eigenvalue weighted by Gasteiger charge is -2.27. The van der Waals surface area contributed by atoms with Crippen LogP contribution >= 0.6 is 0 Å². The van der Waals surface area contributed by atoms with Gasteiger partial charge in [0, 0.05) is 31.7 Å². The molecule has 3 aromatic rings. The minimum Gasteiger partial charge on any atom is -0.465 e. The van der Waals surface area contributed by atoms with Crippen molar-refractivity contribution in [3.63, 3.8) is 0 Å². The third-order valence-electron chi connectivity index (χ3n) is 4.94. The second-order valence-electron chi connectivity index (χ2n) is 6.98. The molecule has 7 nitrogen and oxygen atoms in total. The van der Waals surface area contributed by atoms with E-state index in [9.17, 15) is 9.59 Å². The molecule has 0 bridgehead atoms. The van der Waals surface area contributed by atoms with Crippen LogP contribution in [0.4, 0.5) is 11.6 Å². The first-order chi connectivity index (χ1) is 14.1. The molecule has 0 amide bonds. The molecular weight excluding hydrogens is 368 g/mol. The quantitative estimate of drug-likeness (QED) is 0.652. The average Bonchev–Trinajstić information content (AvgIpc) is 2.74. The van der Waals surface area contributed by atoms with Gasteiger partial charge >= 0.3 is 5.97 Å². The normalized spacial score (nSPS) is 13.6. The number of carbonyl (C=O) groups is 1. The van der Waals surface area contributed by atoms with Gasteiger partial charge < -0.3 is 10.1 Å². The molecule has 2 heterocycles. The van der Waals surface area contributed by atoms with Crippen molar-refractivity contribution in [3.05, 3.63) is 87.3 Å². The Morgan fingerprint density at radius 1 is 1.21 bits per heavy atom. The smallest absolute Gasteiger partial charge is 0.337 e. The van der Waals surface area contributed by atoms with E-state index in [1.54, 1.807) is 24.3 Å². The molecule has 0 aliphatic carbocycles. The first-order valence-electron chi connectivity index (χ1n) is 9.46. The van der Waals surface area contributed by atoms with Gasteiger partial charge in [0.1, 0.15) is 0 Å². The summed E-state index contributed by atoms with van der Waals surface area (Å²) in [5.41, 5.74) is 3.68. The molecule has 0 spiro atoms. The summed E-state index contributed by atoms with van der Waals surface area (Å²) in [4.78, 5) is 34.0. The number of fused-ring (bicyclic) bond motifs is 1. The molecule has 2 aromatic carbocycles. The fraction of sp³-hybridized carbons (Fsp3) is 0.227. The Hall–Kier alpha value is -3.45. The topological polar surface area (TPSA) is 87.3 Å². The second kappa shape index (κ2) is 8.28. The molecule has 0 fully saturated rings. The number of ether oxygens (including phenoxy) is 1. The highest BCUT2D eigenvalue weighted by Crippen LogP contribution is 2.19. The van der Waals surface area contributed by atoms with Crippen molar-refractivity contribution in [2.45, 2.75) is 19.5 Å². The molecule has 7 heteroatoms. The van der Waals surface area contributed by atoms with Gasteiger partial charge in [-0.15, -0.1) is 0 Å². The van der Waals surface area contributed by atoms with Crippen molar-refractivity contribution in [3.8, 4) is 0 Å². The Bertz CT molecular complexity index is 1080. The molecule has 1 aliphatic heterocycles. The van der Waals surface area contributed by atoms with Crippen molar-refractivity contribution in [1.82, 2.24) is 14.9 Å². The van der Waals surface area contributed by atoms with Gasteiger partial charge in [-0.2, -0.15) is 0 Å². The van der Waals surface area contributed by atoms with Crippen LogP contribution < -0.4 is 10.9 Å². The molecule has 4 rings (SSSR count). The van der Waals surface area contributed by atoms with E-state index >= 15 is 0 Å². The number of H-pyrrole nitrogens is 1. The van der Waals surface area contributed by atoms with Crippen LogP contribution in [0.25, 0.3) is 0 Å². The number of aromatic amines is 1. The SMILES string of the molecule is COC(=O)c1cccc(Nc2nc3c(c(=O)[nH]2)CN(Cc2ccccc2)CC3)c1. The zero-order chi connectivity index (χ0) is 20.2. The number of esters is 1. The van der Waals surface area contributed by atoms with Gasteiger partial charge in [-0.3, -0.25) is 14.7 Å². The summed E-state index contributed by atoms with van der Waals surface area (Å²) < 4.78 is 4.74. The molecular formula is C22H22N4O3. The van der Waals surface area contributed by atoms with E-state index in [0.717, 1.165) is 18.8 Å². The van der Waals surface area contributed by atoms with E-state index in [0.29, 0.717) is 35.7 Å². The van der Waals surface area contributed by atoms with Crippen molar-refractivity contribution in [2.24, 2.45) is 0 Å². The second-order valence-corrected chi connectivity index (χ2v) is 6.98. The number of rotatable bonds is 5. The number of anilines is 2. The zero-order valence-electron chi connectivity index (χ0n) is 16.1. The fourth-order valence-corrected chi connectivity index (χ4v) is 3.50. The van der Waals surface area contributed by atoms with Crippen LogP contribution in [0.1, 0.15) is 27.2 Å². The van der Waals surface area contributed by atoms with Gasteiger partial charge in [-0.1, -0.05) is 36.4 Å². The Morgan fingerprint density at radius 3 is 2.83 bits per heavy atom. The molecule has 148 valence electrons. The van der Waals surface area contributed by atoms with Crippen LogP contribution in [-0.4, -0.2) is 34.5 Å². The van der Waals surface area contributed by atoms with Crippen molar-refractivity contribution in [1.29, 1.82) is 0 Å². The summed E-state index contributed by atoms with van der Waals surface area (Å²) in [7, 11) is 1.34. The van der Waals surface area contributed by atoms with Gasteiger partial charge in [0.25, 0.3) is 5.56 Å². The van der Waals surface area contributed by atoms with E-state index in [-0.39, 0.29) is 5.56 Å². The van der Waals surface area contributed by atoms with Crippen molar-refractivity contribution >= 4 is 17.6 Å². The predicted octanol–water partition coefficient (Wildman–Crippen LogP) is 2.86. The molecule has 1 aliphatic rings. The molecule has 0 saturated heterocycles. The van der Waals surface area contributed by atoms with Gasteiger partial charge in [0.05, 0.1) is 23.9 Å². The molecule has 0 atom stereocenters. The minimum absolute atomic E-state index is 0.139. The first-order valence-corrected chi connectivity index (χ1v) is 9.46. The van der Waals surface area contributed by atoms with Crippen LogP contribution in [0.3, 0.4) is 0 Å². The highest BCUT2D eigenvalue weighted by Gasteiger charge is 2.21. The van der Waals surface area contributed by atoms with Crippen molar-refractivity contribution < 1.29 is 9.53 Å². The van der Waals surface area contributed by atoms with Crippen molar-refractivity contribution in [2.75, 3.05) is 19.0 Å². The summed E-state index contributed by atoms with van der Waals surface area (Å²) in [5.74, 6) is -0.0497. The maximum atomic E-state index is 12.7. The molecule has 1 aromatic heterocycles. The Labute approximate surface area is 168 Å². The Morgan fingerprint density at radius 2 is 2.03 bits per heavy atom. The van der Waals surface area contributed by atoms with Crippen LogP contribution in [0.2, 0.25) is 0 Å². The summed E-state index contributed by atoms with van der Waals surface area (Å²) >= 11 is 0. The molecule has 0 unspecified atom stereocenters. The van der Waals surface area contributed by atoms with Gasteiger partial charge in [-0.25, -0.2) is 9.78 Å². The number of carbonyl (C=O) groups excluding carboxylic acids is 1. The summed E-state index contributed by atoms with van der Waals surface area (Å²) in [6.45, 7) is 2.22. The maximum absolute atomic E-state index is 12.7. The Balaban J connectivity index is 1.51. The van der Waals surface area contributed by atoms with E-state index in [1.807, 2.05) is 18.2 Å². The first kappa shape index (κ1) is 18.9. The predicted molar refractivity (Wildman–Crippen MR) is 110 cm³/mol. The van der Waals surface area contributed by atoms with E-state index in [2.05, 4.69) is 32.3 Å². The molecule has 2 N–H and O–H groups in total. The van der Waals surface area contributed by atoms with E-state index < -0.39 is 5.97 Å². The van der Waals surface area contributed by atoms with Crippen LogP contribution in [0, 0.1) is 0 Å².